The van der Waals surface area contributed by atoms with Crippen LogP contribution in [0.3, 0.4) is 0 Å². The Bertz CT molecular complexity index is 7370. The van der Waals surface area contributed by atoms with Crippen LogP contribution in [-0.2, 0) is 32.0 Å². The fourth-order valence-electron chi connectivity index (χ4n) is 15.8. The van der Waals surface area contributed by atoms with Gasteiger partial charge in [-0.15, -0.1) is 0 Å². The molecule has 0 radical (unpaired) electrons. The Balaban J connectivity index is 0.000000149. The Labute approximate surface area is 860 Å². The van der Waals surface area contributed by atoms with Crippen LogP contribution in [0.25, 0.3) is 89.2 Å². The highest BCUT2D eigenvalue weighted by Crippen LogP contribution is 2.41. The van der Waals surface area contributed by atoms with E-state index in [2.05, 4.69) is 125 Å². The van der Waals surface area contributed by atoms with E-state index in [0.29, 0.717) is 101 Å². The molecule has 38 heteroatoms. The highest BCUT2D eigenvalue weighted by atomic mass is 19.4. The summed E-state index contributed by atoms with van der Waals surface area (Å²) >= 11 is 0. The summed E-state index contributed by atoms with van der Waals surface area (Å²) in [5.74, 6) is 18.1. The number of hydrogen-bond donors (Lipinski definition) is 4. The van der Waals surface area contributed by atoms with Crippen molar-refractivity contribution < 1.29 is 55.9 Å². The van der Waals surface area contributed by atoms with Gasteiger partial charge in [-0.2, -0.15) is 33.6 Å². The lowest BCUT2D eigenvalue weighted by Gasteiger charge is -2.26. The normalized spacial score (nSPS) is 11.0. The van der Waals surface area contributed by atoms with Crippen molar-refractivity contribution >= 4 is 95.5 Å². The SMILES string of the molecule is CNC(=O)Cn1cc(-c2cnc3ccc(N(CCCNC(C)C)c4cc(OC)cc(OC)c4)cc3n2)cn1.COc1cc(OC)cc(N(CC#Cc2ccccn2)c2ccc3ncc(-c4cnn(C)c4)nc3c2)c1.COc1cc(OC)cc(N(CC#Cc2cccnc2)c2ccc3ncc(-c4cnn(C)c4)nc3c2)c1.COc1cc(OC)cc(N(CCCNCC(F)(F)F)c2ccc3ncc(-c4cnn(CCCN)c4)nc3c2)c1. The minimum Gasteiger partial charge on any atom is -0.497 e. The number of nitrogens with one attached hydrogen (secondary N) is 3. The number of nitrogens with zero attached hydrogens (tertiary/aromatic N) is 22. The molecule has 10 aromatic heterocycles. The van der Waals surface area contributed by atoms with Gasteiger partial charge in [0.05, 0.1) is 193 Å². The monoisotopic (exact) mass is 2010 g/mol. The van der Waals surface area contributed by atoms with Gasteiger partial charge in [-0.05, 0) is 142 Å². The van der Waals surface area contributed by atoms with Crippen LogP contribution in [0.5, 0.6) is 46.0 Å². The number of hydrogen-bond acceptors (Lipinski definition) is 30. The van der Waals surface area contributed by atoms with E-state index in [9.17, 15) is 18.0 Å². The highest BCUT2D eigenvalue weighted by molar-refractivity contribution is 5.88. The van der Waals surface area contributed by atoms with Crippen molar-refractivity contribution in [2.24, 2.45) is 19.8 Å². The van der Waals surface area contributed by atoms with E-state index in [1.54, 1.807) is 158 Å². The van der Waals surface area contributed by atoms with E-state index in [-0.39, 0.29) is 19.0 Å². The number of fused-ring (bicyclic) bond motifs is 4. The Kier molecular flexibility index (Phi) is 36.1. The fourth-order valence-corrected chi connectivity index (χ4v) is 15.8. The summed E-state index contributed by atoms with van der Waals surface area (Å²) in [4.78, 5) is 66.4. The number of aromatic nitrogens is 18. The number of carbonyl (C=O) groups excluding carboxylic acids is 1. The third-order valence-corrected chi connectivity index (χ3v) is 23.4. The average Bonchev–Trinajstić information content (AvgIpc) is 1.75. The van der Waals surface area contributed by atoms with Crippen LogP contribution >= 0.6 is 0 Å². The predicted octanol–water partition coefficient (Wildman–Crippen LogP) is 17.6. The zero-order chi connectivity index (χ0) is 105. The van der Waals surface area contributed by atoms with E-state index in [4.69, 9.17) is 63.6 Å². The summed E-state index contributed by atoms with van der Waals surface area (Å²) in [5, 5.41) is 25.7. The molecule has 0 aliphatic rings. The van der Waals surface area contributed by atoms with Crippen LogP contribution in [0, 0.1) is 23.7 Å². The lowest BCUT2D eigenvalue weighted by atomic mass is 10.1. The van der Waals surface area contributed by atoms with Gasteiger partial charge >= 0.3 is 6.18 Å². The number of aryl methyl sites for hydroxylation is 3. The number of amides is 1. The fraction of sp³-hybridized carbons (Fsp3) is 0.252. The van der Waals surface area contributed by atoms with Crippen LogP contribution in [0.1, 0.15) is 44.4 Å². The van der Waals surface area contributed by atoms with Gasteiger partial charge in [-0.3, -0.25) is 48.4 Å². The lowest BCUT2D eigenvalue weighted by molar-refractivity contribution is -0.124. The van der Waals surface area contributed by atoms with Crippen LogP contribution in [0.15, 0.2) is 269 Å². The molecular formula is C111H115F3N26O9. The van der Waals surface area contributed by atoms with Crippen molar-refractivity contribution in [3.05, 3.63) is 280 Å². The van der Waals surface area contributed by atoms with E-state index >= 15 is 0 Å². The summed E-state index contributed by atoms with van der Waals surface area (Å²) in [6, 6.07) is 56.5. The number of methoxy groups -OCH3 is 8. The molecule has 0 aliphatic carbocycles. The number of likely N-dealkylation sites (N-methyl/N-ethyl adjacent to an activating group) is 1. The number of anilines is 8. The predicted molar refractivity (Wildman–Crippen MR) is 572 cm³/mol. The molecule has 8 aromatic carbocycles. The molecule has 18 aromatic rings. The molecule has 0 saturated heterocycles. The minimum atomic E-state index is -4.25. The summed E-state index contributed by atoms with van der Waals surface area (Å²) in [6.45, 7) is 7.85. The lowest BCUT2D eigenvalue weighted by Crippen LogP contribution is -2.31. The molecule has 1 amide bonds. The van der Waals surface area contributed by atoms with Crippen LogP contribution in [0.4, 0.5) is 58.7 Å². The average molecular weight is 2010 g/mol. The Hall–Kier alpha value is -17.9. The van der Waals surface area contributed by atoms with E-state index in [1.807, 2.05) is 206 Å². The van der Waals surface area contributed by atoms with Gasteiger partial charge in [-0.25, -0.2) is 24.9 Å². The number of rotatable bonds is 37. The molecule has 35 nitrogen and oxygen atoms in total. The molecule has 764 valence electrons. The molecule has 149 heavy (non-hydrogen) atoms. The van der Waals surface area contributed by atoms with Crippen LogP contribution < -0.4 is 79.2 Å². The maximum absolute atomic E-state index is 12.6. The second-order valence-corrected chi connectivity index (χ2v) is 34.2. The summed E-state index contributed by atoms with van der Waals surface area (Å²) in [7, 11) is 18.3. The molecule has 5 N–H and O–H groups in total. The zero-order valence-corrected chi connectivity index (χ0v) is 84.9. The van der Waals surface area contributed by atoms with Crippen molar-refractivity contribution in [2.75, 3.05) is 136 Å². The van der Waals surface area contributed by atoms with Gasteiger partial charge in [0, 0.05) is 236 Å². The summed E-state index contributed by atoms with van der Waals surface area (Å²) in [5.41, 5.74) is 26.7. The van der Waals surface area contributed by atoms with Gasteiger partial charge in [-0.1, -0.05) is 37.7 Å². The highest BCUT2D eigenvalue weighted by Gasteiger charge is 2.27. The van der Waals surface area contributed by atoms with Gasteiger partial charge in [0.25, 0.3) is 0 Å². The van der Waals surface area contributed by atoms with Crippen molar-refractivity contribution in [2.45, 2.75) is 58.4 Å². The van der Waals surface area contributed by atoms with E-state index < -0.39 is 12.7 Å². The number of benzene rings is 8. The van der Waals surface area contributed by atoms with E-state index in [0.717, 1.165) is 162 Å². The molecule has 0 aliphatic heterocycles. The maximum atomic E-state index is 12.6. The van der Waals surface area contributed by atoms with Crippen molar-refractivity contribution in [1.29, 1.82) is 0 Å². The van der Waals surface area contributed by atoms with Crippen LogP contribution in [0.2, 0.25) is 0 Å². The largest absolute Gasteiger partial charge is 0.497 e. The second kappa shape index (κ2) is 51.1. The topological polar surface area (TPSA) is 366 Å². The Morgan fingerprint density at radius 1 is 0.403 bits per heavy atom. The first-order valence-electron chi connectivity index (χ1n) is 47.8. The first-order chi connectivity index (χ1) is 72.4. The molecule has 0 spiro atoms. The minimum absolute atomic E-state index is 0.119. The first kappa shape index (κ1) is 105. The van der Waals surface area contributed by atoms with Gasteiger partial charge in [0.2, 0.25) is 5.91 Å². The smallest absolute Gasteiger partial charge is 0.401 e. The number of nitrogens with two attached hydrogens (primary N) is 1. The molecule has 18 rings (SSSR count). The van der Waals surface area contributed by atoms with Crippen molar-refractivity contribution in [3.8, 4) is 115 Å². The third kappa shape index (κ3) is 28.8. The molecule has 10 heterocycles. The standard InChI is InChI=1S/C28H35N7O3.2C28H24N6O2.C27H32F3N7O2/c1-19(2)30-9-6-10-35(22-11-23(37-4)14-24(12-22)38-5)21-7-8-25-26(13-21)33-27(16-31-25)20-15-32-34(17-20)18-28(36)29-3;1-33-19-21(17-31-33)28-18-30-26-9-8-22(14-27(26)32-28)34(11-5-7-20-6-4-10-29-16-20)23-12-24(35-2)15-25(13-23)36-3;1-33-19-20(17-31-33)28-18-30-26-10-9-22(15-27(26)32-28)34(12-6-8-21-7-4-5-11-29-21)23-13-24(35-2)16-25(14-23)36-3;1-38-22-11-21(12-23(14-22)39-2)37(10-4-8-32-18-27(28,29)30)20-5-6-24-25(13-20)35-26(16-33-24)19-15-34-36(17-19)9-3-7-31/h7-8,11-17,19,30H,6,9-10,18H2,1-5H3,(H,29,36);4,6,8-10,12-19H,11H2,1-3H3;4-5,7,9-11,13-19H,12H2,1-3H3;5-6,11-17,32H,3-4,7-10,18,31H2,1-2H3. The van der Waals surface area contributed by atoms with E-state index in [1.165, 1.54) is 0 Å². The number of alkyl halides is 3. The molecular weight excluding hydrogens is 1900 g/mol. The zero-order valence-electron chi connectivity index (χ0n) is 84.9. The quantitative estimate of drug-likeness (QED) is 0.0207. The maximum Gasteiger partial charge on any atom is 0.401 e. The summed E-state index contributed by atoms with van der Waals surface area (Å²) < 4.78 is 88.6. The number of pyridine rings is 2. The molecule has 0 bridgehead atoms. The molecule has 0 fully saturated rings. The molecule has 0 unspecified atom stereocenters. The van der Waals surface area contributed by atoms with Crippen molar-refractivity contribution in [1.82, 2.24) is 105 Å². The number of ether oxygens (including phenoxy) is 8. The van der Waals surface area contributed by atoms with Crippen LogP contribution in [-0.4, -0.2) is 223 Å². The third-order valence-electron chi connectivity index (χ3n) is 23.4. The Morgan fingerprint density at radius 2 is 0.785 bits per heavy atom. The van der Waals surface area contributed by atoms with Crippen molar-refractivity contribution in [3.63, 3.8) is 0 Å². The number of carbonyl (C=O) groups is 1. The molecule has 0 atom stereocenters. The second-order valence-electron chi connectivity index (χ2n) is 34.2. The summed E-state index contributed by atoms with van der Waals surface area (Å²) in [6.07, 6.45) is 24.7. The van der Waals surface area contributed by atoms with Gasteiger partial charge in [0.15, 0.2) is 0 Å². The number of halogens is 3. The molecule has 0 saturated carbocycles. The Morgan fingerprint density at radius 3 is 1.15 bits per heavy atom. The van der Waals surface area contributed by atoms with Gasteiger partial charge in [0.1, 0.15) is 58.2 Å². The first-order valence-corrected chi connectivity index (χ1v) is 47.8. The van der Waals surface area contributed by atoms with Gasteiger partial charge < -0.3 is 79.2 Å².